The van der Waals surface area contributed by atoms with E-state index in [0.717, 1.165) is 22.9 Å². The van der Waals surface area contributed by atoms with Crippen LogP contribution in [-0.4, -0.2) is 26.5 Å². The molecule has 8 heteroatoms. The van der Waals surface area contributed by atoms with Crippen molar-refractivity contribution in [1.82, 2.24) is 19.9 Å². The molecular formula is C19H19ClF2N4O. The summed E-state index contributed by atoms with van der Waals surface area (Å²) in [7, 11) is 0. The maximum Gasteiger partial charge on any atom is 0.280 e. The predicted molar refractivity (Wildman–Crippen MR) is 99.4 cm³/mol. The first-order valence-electron chi connectivity index (χ1n) is 8.54. The molecule has 1 amide bonds. The van der Waals surface area contributed by atoms with Crippen molar-refractivity contribution in [3.05, 3.63) is 64.1 Å². The van der Waals surface area contributed by atoms with Crippen LogP contribution in [0.2, 0.25) is 5.02 Å². The number of amides is 1. The molecule has 3 aromatic rings. The number of carbonyl (C=O) groups excluding carboxylic acids is 1. The second kappa shape index (κ2) is 8.00. The van der Waals surface area contributed by atoms with Crippen LogP contribution in [0.15, 0.2) is 36.5 Å². The molecule has 1 N–H and O–H groups in total. The number of alkyl halides is 2. The number of hydrogen-bond acceptors (Lipinski definition) is 3. The van der Waals surface area contributed by atoms with E-state index < -0.39 is 6.43 Å². The van der Waals surface area contributed by atoms with Crippen molar-refractivity contribution in [2.24, 2.45) is 0 Å². The van der Waals surface area contributed by atoms with Crippen LogP contribution in [0.3, 0.4) is 0 Å². The first-order chi connectivity index (χ1) is 12.8. The predicted octanol–water partition coefficient (Wildman–Crippen LogP) is 4.38. The minimum Gasteiger partial charge on any atom is -0.349 e. The van der Waals surface area contributed by atoms with Crippen molar-refractivity contribution < 1.29 is 13.6 Å². The smallest absolute Gasteiger partial charge is 0.280 e. The summed E-state index contributed by atoms with van der Waals surface area (Å²) in [5.74, 6) is -0.382. The molecule has 1 unspecified atom stereocenters. The Kier molecular flexibility index (Phi) is 5.70. The van der Waals surface area contributed by atoms with Gasteiger partial charge in [0.05, 0.1) is 6.20 Å². The summed E-state index contributed by atoms with van der Waals surface area (Å²) in [6, 6.07) is 8.70. The van der Waals surface area contributed by atoms with E-state index in [2.05, 4.69) is 15.4 Å². The molecule has 0 bridgehead atoms. The number of hydrogen-bond donors (Lipinski definition) is 1. The number of halogens is 3. The van der Waals surface area contributed by atoms with E-state index in [9.17, 15) is 13.6 Å². The van der Waals surface area contributed by atoms with Gasteiger partial charge in [-0.15, -0.1) is 0 Å². The van der Waals surface area contributed by atoms with Crippen molar-refractivity contribution in [3.8, 4) is 0 Å². The van der Waals surface area contributed by atoms with Crippen LogP contribution in [-0.2, 0) is 6.42 Å². The Hall–Kier alpha value is -2.54. The molecule has 27 heavy (non-hydrogen) atoms. The number of fused-ring (bicyclic) bond motifs is 1. The summed E-state index contributed by atoms with van der Waals surface area (Å²) in [6.07, 6.45) is 0.0690. The van der Waals surface area contributed by atoms with Gasteiger partial charge >= 0.3 is 0 Å². The highest BCUT2D eigenvalue weighted by atomic mass is 35.5. The number of nitrogens with one attached hydrogen (secondary N) is 1. The monoisotopic (exact) mass is 392 g/mol. The number of aryl methyl sites for hydroxylation is 2. The third-order valence-electron chi connectivity index (χ3n) is 4.25. The fourth-order valence-corrected chi connectivity index (χ4v) is 2.96. The molecule has 3 rings (SSSR count). The normalized spacial score (nSPS) is 12.5. The van der Waals surface area contributed by atoms with Crippen molar-refractivity contribution in [1.29, 1.82) is 0 Å². The zero-order valence-corrected chi connectivity index (χ0v) is 15.7. The Morgan fingerprint density at radius 3 is 2.67 bits per heavy atom. The fraction of sp³-hybridized carbons (Fsp3) is 0.316. The first kappa shape index (κ1) is 19.2. The zero-order chi connectivity index (χ0) is 19.6. The van der Waals surface area contributed by atoms with E-state index in [1.165, 1.54) is 12.3 Å². The van der Waals surface area contributed by atoms with E-state index in [1.54, 1.807) is 6.92 Å². The molecule has 0 saturated heterocycles. The Bertz CT molecular complexity index is 956. The van der Waals surface area contributed by atoms with Crippen LogP contribution in [0.5, 0.6) is 0 Å². The Morgan fingerprint density at radius 1 is 1.30 bits per heavy atom. The average molecular weight is 393 g/mol. The number of rotatable bonds is 6. The topological polar surface area (TPSA) is 59.3 Å². The van der Waals surface area contributed by atoms with Gasteiger partial charge in [-0.25, -0.2) is 18.3 Å². The molecule has 1 aromatic carbocycles. The summed E-state index contributed by atoms with van der Waals surface area (Å²) < 4.78 is 27.4. The van der Waals surface area contributed by atoms with Crippen LogP contribution in [0.4, 0.5) is 8.78 Å². The average Bonchev–Trinajstić information content (AvgIpc) is 3.04. The highest BCUT2D eigenvalue weighted by Crippen LogP contribution is 2.21. The van der Waals surface area contributed by atoms with Crippen molar-refractivity contribution in [2.75, 3.05) is 0 Å². The van der Waals surface area contributed by atoms with Crippen LogP contribution in [0, 0.1) is 6.92 Å². The van der Waals surface area contributed by atoms with Crippen molar-refractivity contribution in [3.63, 3.8) is 0 Å². The van der Waals surface area contributed by atoms with Gasteiger partial charge in [-0.3, -0.25) is 4.79 Å². The second-order valence-corrected chi connectivity index (χ2v) is 6.89. The van der Waals surface area contributed by atoms with Crippen molar-refractivity contribution in [2.45, 2.75) is 39.2 Å². The second-order valence-electron chi connectivity index (χ2n) is 6.46. The Balaban J connectivity index is 1.71. The van der Waals surface area contributed by atoms with E-state index in [4.69, 9.17) is 11.6 Å². The molecule has 0 aliphatic heterocycles. The van der Waals surface area contributed by atoms with Gasteiger partial charge in [-0.1, -0.05) is 23.7 Å². The fourth-order valence-electron chi connectivity index (χ4n) is 2.84. The SMILES string of the molecule is Cc1cc(C(F)F)n2ncc(C(=O)NC(C)CCc3ccc(Cl)cc3)c2n1. The number of nitrogens with zero attached hydrogens (tertiary/aromatic N) is 3. The lowest BCUT2D eigenvalue weighted by atomic mass is 10.1. The minimum atomic E-state index is -2.71. The Morgan fingerprint density at radius 2 is 2.00 bits per heavy atom. The van der Waals surface area contributed by atoms with E-state index in [-0.39, 0.29) is 28.9 Å². The van der Waals surface area contributed by atoms with Gasteiger partial charge < -0.3 is 5.32 Å². The lowest BCUT2D eigenvalue weighted by Crippen LogP contribution is -2.33. The molecule has 2 heterocycles. The van der Waals surface area contributed by atoms with Gasteiger partial charge in [-0.05, 0) is 50.5 Å². The van der Waals surface area contributed by atoms with Gasteiger partial charge in [-0.2, -0.15) is 5.10 Å². The third kappa shape index (κ3) is 4.42. The number of aromatic nitrogens is 3. The summed E-state index contributed by atoms with van der Waals surface area (Å²) >= 11 is 5.87. The van der Waals surface area contributed by atoms with E-state index >= 15 is 0 Å². The van der Waals surface area contributed by atoms with Gasteiger partial charge in [0.1, 0.15) is 11.3 Å². The maximum absolute atomic E-state index is 13.2. The molecule has 0 saturated carbocycles. The molecule has 0 aliphatic rings. The minimum absolute atomic E-state index is 0.109. The van der Waals surface area contributed by atoms with E-state index in [0.29, 0.717) is 10.7 Å². The summed E-state index contributed by atoms with van der Waals surface area (Å²) in [4.78, 5) is 16.8. The summed E-state index contributed by atoms with van der Waals surface area (Å²) in [5.41, 5.74) is 1.55. The molecule has 0 aliphatic carbocycles. The van der Waals surface area contributed by atoms with Crippen LogP contribution in [0.25, 0.3) is 5.65 Å². The molecular weight excluding hydrogens is 374 g/mol. The van der Waals surface area contributed by atoms with Gasteiger partial charge in [0, 0.05) is 16.8 Å². The van der Waals surface area contributed by atoms with Gasteiger partial charge in [0.2, 0.25) is 0 Å². The zero-order valence-electron chi connectivity index (χ0n) is 14.9. The quantitative estimate of drug-likeness (QED) is 0.677. The molecule has 1 atom stereocenters. The standard InChI is InChI=1S/C19H19ClF2N4O/c1-11(3-4-13-5-7-14(20)8-6-13)25-19(27)15-10-23-26-16(17(21)22)9-12(2)24-18(15)26/h5-11,17H,3-4H2,1-2H3,(H,25,27). The highest BCUT2D eigenvalue weighted by Gasteiger charge is 2.21. The lowest BCUT2D eigenvalue weighted by Gasteiger charge is -2.13. The largest absolute Gasteiger partial charge is 0.349 e. The molecule has 0 spiro atoms. The van der Waals surface area contributed by atoms with Crippen molar-refractivity contribution >= 4 is 23.2 Å². The van der Waals surface area contributed by atoms with Gasteiger partial charge in [0.25, 0.3) is 12.3 Å². The number of benzene rings is 1. The molecule has 2 aromatic heterocycles. The van der Waals surface area contributed by atoms with Crippen LogP contribution < -0.4 is 5.32 Å². The van der Waals surface area contributed by atoms with Crippen LogP contribution in [0.1, 0.15) is 47.1 Å². The third-order valence-corrected chi connectivity index (χ3v) is 4.50. The number of carbonyl (C=O) groups is 1. The molecule has 0 radical (unpaired) electrons. The molecule has 0 fully saturated rings. The first-order valence-corrected chi connectivity index (χ1v) is 8.91. The Labute approximate surface area is 160 Å². The lowest BCUT2D eigenvalue weighted by molar-refractivity contribution is 0.0939. The summed E-state index contributed by atoms with van der Waals surface area (Å²) in [6.45, 7) is 3.50. The van der Waals surface area contributed by atoms with Crippen LogP contribution >= 0.6 is 11.6 Å². The molecule has 142 valence electrons. The maximum atomic E-state index is 13.2. The summed E-state index contributed by atoms with van der Waals surface area (Å²) in [5, 5.41) is 7.47. The van der Waals surface area contributed by atoms with Gasteiger partial charge in [0.15, 0.2) is 5.65 Å². The highest BCUT2D eigenvalue weighted by molar-refractivity contribution is 6.30. The molecule has 5 nitrogen and oxygen atoms in total. The van der Waals surface area contributed by atoms with E-state index in [1.807, 2.05) is 31.2 Å².